The molecule has 0 saturated carbocycles. The van der Waals surface area contributed by atoms with Gasteiger partial charge >= 0.3 is 5.97 Å². The molecule has 1 unspecified atom stereocenters. The van der Waals surface area contributed by atoms with Crippen LogP contribution < -0.4 is 5.32 Å². The quantitative estimate of drug-likeness (QED) is 0.743. The van der Waals surface area contributed by atoms with Gasteiger partial charge in [0, 0.05) is 12.6 Å². The number of hydrogen-bond acceptors (Lipinski definition) is 4. The van der Waals surface area contributed by atoms with Crippen molar-refractivity contribution in [2.24, 2.45) is 0 Å². The maximum absolute atomic E-state index is 11.0. The Bertz CT molecular complexity index is 348. The highest BCUT2D eigenvalue weighted by Crippen LogP contribution is 2.19. The highest BCUT2D eigenvalue weighted by molar-refractivity contribution is 5.69. The van der Waals surface area contributed by atoms with Crippen molar-refractivity contribution in [3.05, 3.63) is 29.8 Å². The summed E-state index contributed by atoms with van der Waals surface area (Å²) in [5, 5.41) is 12.5. The van der Waals surface area contributed by atoms with E-state index in [1.54, 1.807) is 12.1 Å². The van der Waals surface area contributed by atoms with Crippen molar-refractivity contribution >= 4 is 5.97 Å². The van der Waals surface area contributed by atoms with E-state index in [2.05, 4.69) is 17.0 Å². The van der Waals surface area contributed by atoms with Crippen molar-refractivity contribution in [1.82, 2.24) is 5.32 Å². The molecule has 4 heteroatoms. The van der Waals surface area contributed by atoms with E-state index in [-0.39, 0.29) is 17.8 Å². The van der Waals surface area contributed by atoms with Gasteiger partial charge in [0.1, 0.15) is 5.75 Å². The number of benzene rings is 1. The lowest BCUT2D eigenvalue weighted by Gasteiger charge is -2.17. The molecule has 1 atom stereocenters. The Hall–Kier alpha value is -1.55. The largest absolute Gasteiger partial charge is 0.508 e. The minimum atomic E-state index is -0.210. The van der Waals surface area contributed by atoms with Gasteiger partial charge < -0.3 is 15.2 Å². The minimum absolute atomic E-state index is 0.195. The third kappa shape index (κ3) is 4.44. The molecule has 0 aromatic heterocycles. The van der Waals surface area contributed by atoms with Crippen LogP contribution in [0.25, 0.3) is 0 Å². The number of rotatable bonds is 6. The van der Waals surface area contributed by atoms with Crippen LogP contribution >= 0.6 is 0 Å². The molecule has 1 aromatic rings. The number of phenols is 1. The zero-order valence-corrected chi connectivity index (χ0v) is 10.3. The number of carbonyl (C=O) groups is 1. The van der Waals surface area contributed by atoms with E-state index < -0.39 is 0 Å². The zero-order chi connectivity index (χ0) is 12.7. The van der Waals surface area contributed by atoms with Crippen LogP contribution in [0.1, 0.15) is 31.4 Å². The summed E-state index contributed by atoms with van der Waals surface area (Å²) in [5.41, 5.74) is 1.11. The normalized spacial score (nSPS) is 12.1. The molecule has 1 rings (SSSR count). The first-order valence-corrected chi connectivity index (χ1v) is 5.76. The van der Waals surface area contributed by atoms with Crippen LogP contribution in [0.5, 0.6) is 5.75 Å². The standard InChI is InChI=1S/C13H19NO3/c1-3-12(14-9-8-13(16)17-2)10-4-6-11(15)7-5-10/h4-7,12,14-15H,3,8-9H2,1-2H3. The van der Waals surface area contributed by atoms with Gasteiger partial charge in [0.25, 0.3) is 0 Å². The fourth-order valence-electron chi connectivity index (χ4n) is 1.66. The van der Waals surface area contributed by atoms with Crippen LogP contribution in [0.15, 0.2) is 24.3 Å². The molecule has 0 amide bonds. The number of phenolic OH excluding ortho intramolecular Hbond substituents is 1. The third-order valence-corrected chi connectivity index (χ3v) is 2.65. The average molecular weight is 237 g/mol. The van der Waals surface area contributed by atoms with Gasteiger partial charge in [-0.1, -0.05) is 19.1 Å². The van der Waals surface area contributed by atoms with Crippen molar-refractivity contribution in [3.8, 4) is 5.75 Å². The fraction of sp³-hybridized carbons (Fsp3) is 0.462. The first-order valence-electron chi connectivity index (χ1n) is 5.76. The second kappa shape index (κ2) is 6.91. The van der Waals surface area contributed by atoms with Crippen LogP contribution in [-0.4, -0.2) is 24.7 Å². The SMILES string of the molecule is CCC(NCCC(=O)OC)c1ccc(O)cc1. The smallest absolute Gasteiger partial charge is 0.306 e. The lowest BCUT2D eigenvalue weighted by Crippen LogP contribution is -2.24. The molecule has 0 saturated heterocycles. The molecule has 0 aliphatic heterocycles. The predicted molar refractivity (Wildman–Crippen MR) is 65.8 cm³/mol. The average Bonchev–Trinajstić information content (AvgIpc) is 2.35. The van der Waals surface area contributed by atoms with E-state index >= 15 is 0 Å². The summed E-state index contributed by atoms with van der Waals surface area (Å²) in [6.45, 7) is 2.66. The van der Waals surface area contributed by atoms with Crippen molar-refractivity contribution in [2.75, 3.05) is 13.7 Å². The van der Waals surface area contributed by atoms with Crippen molar-refractivity contribution in [1.29, 1.82) is 0 Å². The van der Waals surface area contributed by atoms with Gasteiger partial charge in [-0.15, -0.1) is 0 Å². The first-order chi connectivity index (χ1) is 8.17. The van der Waals surface area contributed by atoms with Gasteiger partial charge in [0.2, 0.25) is 0 Å². The molecule has 0 spiro atoms. The van der Waals surface area contributed by atoms with E-state index in [9.17, 15) is 9.90 Å². The Morgan fingerprint density at radius 2 is 2.06 bits per heavy atom. The fourth-order valence-corrected chi connectivity index (χ4v) is 1.66. The molecule has 0 bridgehead atoms. The number of esters is 1. The van der Waals surface area contributed by atoms with Crippen molar-refractivity contribution in [2.45, 2.75) is 25.8 Å². The van der Waals surface area contributed by atoms with E-state index in [0.717, 1.165) is 12.0 Å². The van der Waals surface area contributed by atoms with Crippen LogP contribution in [0, 0.1) is 0 Å². The highest BCUT2D eigenvalue weighted by Gasteiger charge is 2.09. The lowest BCUT2D eigenvalue weighted by molar-refractivity contribution is -0.140. The molecule has 94 valence electrons. The number of carbonyl (C=O) groups excluding carboxylic acids is 1. The predicted octanol–water partition coefficient (Wildman–Crippen LogP) is 2.00. The zero-order valence-electron chi connectivity index (χ0n) is 10.3. The van der Waals surface area contributed by atoms with E-state index in [4.69, 9.17) is 0 Å². The number of ether oxygens (including phenoxy) is 1. The molecule has 0 aliphatic carbocycles. The second-order valence-corrected chi connectivity index (χ2v) is 3.83. The lowest BCUT2D eigenvalue weighted by atomic mass is 10.0. The van der Waals surface area contributed by atoms with Gasteiger partial charge in [-0.3, -0.25) is 4.79 Å². The molecule has 17 heavy (non-hydrogen) atoms. The molecule has 1 aromatic carbocycles. The Balaban J connectivity index is 2.48. The molecule has 2 N–H and O–H groups in total. The van der Waals surface area contributed by atoms with Gasteiger partial charge in [0.05, 0.1) is 13.5 Å². The second-order valence-electron chi connectivity index (χ2n) is 3.83. The summed E-state index contributed by atoms with van der Waals surface area (Å²) in [7, 11) is 1.39. The number of aromatic hydroxyl groups is 1. The van der Waals surface area contributed by atoms with Crippen LogP contribution in [0.2, 0.25) is 0 Å². The Labute approximate surface area is 102 Å². The molecule has 0 fully saturated rings. The van der Waals surface area contributed by atoms with Crippen molar-refractivity contribution < 1.29 is 14.6 Å². The molecular formula is C13H19NO3. The number of hydrogen-bond donors (Lipinski definition) is 2. The van der Waals surface area contributed by atoms with Gasteiger partial charge in [-0.05, 0) is 24.1 Å². The maximum atomic E-state index is 11.0. The van der Waals surface area contributed by atoms with Crippen molar-refractivity contribution in [3.63, 3.8) is 0 Å². The van der Waals surface area contributed by atoms with Crippen LogP contribution in [0.3, 0.4) is 0 Å². The number of nitrogens with one attached hydrogen (secondary N) is 1. The molecule has 0 heterocycles. The van der Waals surface area contributed by atoms with E-state index in [0.29, 0.717) is 13.0 Å². The van der Waals surface area contributed by atoms with Gasteiger partial charge in [-0.2, -0.15) is 0 Å². The molecular weight excluding hydrogens is 218 g/mol. The first kappa shape index (κ1) is 13.5. The Kier molecular flexibility index (Phi) is 5.49. The summed E-state index contributed by atoms with van der Waals surface area (Å²) in [5.74, 6) is 0.0521. The highest BCUT2D eigenvalue weighted by atomic mass is 16.5. The Morgan fingerprint density at radius 1 is 1.41 bits per heavy atom. The number of methoxy groups -OCH3 is 1. The molecule has 0 radical (unpaired) electrons. The molecule has 0 aliphatic rings. The van der Waals surface area contributed by atoms with Crippen LogP contribution in [0.4, 0.5) is 0 Å². The topological polar surface area (TPSA) is 58.6 Å². The summed E-state index contributed by atoms with van der Waals surface area (Å²) >= 11 is 0. The summed E-state index contributed by atoms with van der Waals surface area (Å²) in [6, 6.07) is 7.30. The Morgan fingerprint density at radius 3 is 2.59 bits per heavy atom. The maximum Gasteiger partial charge on any atom is 0.306 e. The summed E-state index contributed by atoms with van der Waals surface area (Å²) < 4.78 is 4.58. The minimum Gasteiger partial charge on any atom is -0.508 e. The van der Waals surface area contributed by atoms with Crippen LogP contribution in [-0.2, 0) is 9.53 Å². The van der Waals surface area contributed by atoms with E-state index in [1.807, 2.05) is 12.1 Å². The summed E-state index contributed by atoms with van der Waals surface area (Å²) in [6.07, 6.45) is 1.29. The third-order valence-electron chi connectivity index (χ3n) is 2.65. The molecule has 4 nitrogen and oxygen atoms in total. The monoisotopic (exact) mass is 237 g/mol. The summed E-state index contributed by atoms with van der Waals surface area (Å²) in [4.78, 5) is 11.0. The van der Waals surface area contributed by atoms with E-state index in [1.165, 1.54) is 7.11 Å². The van der Waals surface area contributed by atoms with Gasteiger partial charge in [0.15, 0.2) is 0 Å². The van der Waals surface area contributed by atoms with Gasteiger partial charge in [-0.25, -0.2) is 0 Å².